The highest BCUT2D eigenvalue weighted by Crippen LogP contribution is 2.37. The molecule has 0 heterocycles. The van der Waals surface area contributed by atoms with Gasteiger partial charge in [0.05, 0.1) is 0 Å². The summed E-state index contributed by atoms with van der Waals surface area (Å²) in [7, 11) is 2.06. The SMILES string of the molecule is CCC1Cc2ccccc2C1NC. The Bertz CT molecular complexity index is 293. The molecule has 0 radical (unpaired) electrons. The van der Waals surface area contributed by atoms with Crippen LogP contribution in [0.2, 0.25) is 0 Å². The topological polar surface area (TPSA) is 12.0 Å². The van der Waals surface area contributed by atoms with Gasteiger partial charge in [0, 0.05) is 6.04 Å². The number of fused-ring (bicyclic) bond motifs is 1. The maximum atomic E-state index is 3.42. The summed E-state index contributed by atoms with van der Waals surface area (Å²) in [6, 6.07) is 9.38. The minimum absolute atomic E-state index is 0.584. The Morgan fingerprint density at radius 1 is 1.38 bits per heavy atom. The lowest BCUT2D eigenvalue weighted by atomic mass is 9.98. The Balaban J connectivity index is 2.34. The van der Waals surface area contributed by atoms with Gasteiger partial charge in [-0.25, -0.2) is 0 Å². The number of hydrogen-bond acceptors (Lipinski definition) is 1. The quantitative estimate of drug-likeness (QED) is 0.728. The van der Waals surface area contributed by atoms with E-state index in [1.54, 1.807) is 0 Å². The van der Waals surface area contributed by atoms with Gasteiger partial charge in [0.15, 0.2) is 0 Å². The Kier molecular flexibility index (Phi) is 2.36. The summed E-state index contributed by atoms with van der Waals surface area (Å²) in [5, 5.41) is 3.42. The fraction of sp³-hybridized carbons (Fsp3) is 0.500. The number of benzene rings is 1. The molecule has 1 aliphatic carbocycles. The van der Waals surface area contributed by atoms with E-state index in [4.69, 9.17) is 0 Å². The normalized spacial score (nSPS) is 26.0. The van der Waals surface area contributed by atoms with Crippen molar-refractivity contribution in [3.8, 4) is 0 Å². The molecule has 0 amide bonds. The van der Waals surface area contributed by atoms with Gasteiger partial charge in [-0.05, 0) is 30.5 Å². The van der Waals surface area contributed by atoms with Crippen LogP contribution in [-0.2, 0) is 6.42 Å². The third-order valence-corrected chi connectivity index (χ3v) is 3.18. The van der Waals surface area contributed by atoms with Gasteiger partial charge in [-0.2, -0.15) is 0 Å². The predicted octanol–water partition coefficient (Wildman–Crippen LogP) is 2.53. The van der Waals surface area contributed by atoms with E-state index in [2.05, 4.69) is 43.6 Å². The van der Waals surface area contributed by atoms with Gasteiger partial charge in [0.2, 0.25) is 0 Å². The maximum Gasteiger partial charge on any atom is 0.0351 e. The molecular weight excluding hydrogens is 158 g/mol. The standard InChI is InChI=1S/C12H17N/c1-3-9-8-10-6-4-5-7-11(10)12(9)13-2/h4-7,9,12-13H,3,8H2,1-2H3. The van der Waals surface area contributed by atoms with Crippen LogP contribution in [-0.4, -0.2) is 7.05 Å². The van der Waals surface area contributed by atoms with Crippen LogP contribution in [0.5, 0.6) is 0 Å². The number of nitrogens with one attached hydrogen (secondary N) is 1. The molecule has 2 unspecified atom stereocenters. The minimum Gasteiger partial charge on any atom is -0.313 e. The van der Waals surface area contributed by atoms with Gasteiger partial charge in [-0.15, -0.1) is 0 Å². The smallest absolute Gasteiger partial charge is 0.0351 e. The van der Waals surface area contributed by atoms with Crippen LogP contribution in [0.4, 0.5) is 0 Å². The molecule has 0 saturated carbocycles. The molecule has 2 rings (SSSR count). The van der Waals surface area contributed by atoms with Gasteiger partial charge in [-0.3, -0.25) is 0 Å². The summed E-state index contributed by atoms with van der Waals surface area (Å²) in [6.07, 6.45) is 2.51. The first-order chi connectivity index (χ1) is 6.36. The molecule has 1 aromatic carbocycles. The zero-order chi connectivity index (χ0) is 9.26. The summed E-state index contributed by atoms with van der Waals surface area (Å²) < 4.78 is 0. The maximum absolute atomic E-state index is 3.42. The predicted molar refractivity (Wildman–Crippen MR) is 55.7 cm³/mol. The van der Waals surface area contributed by atoms with E-state index < -0.39 is 0 Å². The fourth-order valence-corrected chi connectivity index (χ4v) is 2.45. The average molecular weight is 175 g/mol. The average Bonchev–Trinajstić information content (AvgIpc) is 2.55. The Morgan fingerprint density at radius 3 is 2.85 bits per heavy atom. The van der Waals surface area contributed by atoms with Gasteiger partial charge in [0.25, 0.3) is 0 Å². The van der Waals surface area contributed by atoms with Crippen molar-refractivity contribution in [2.24, 2.45) is 5.92 Å². The van der Waals surface area contributed by atoms with Crippen LogP contribution in [0.15, 0.2) is 24.3 Å². The Labute approximate surface area is 80.2 Å². The Hall–Kier alpha value is -0.820. The monoisotopic (exact) mass is 175 g/mol. The van der Waals surface area contributed by atoms with Crippen LogP contribution >= 0.6 is 0 Å². The van der Waals surface area contributed by atoms with Crippen LogP contribution in [0.1, 0.15) is 30.5 Å². The molecule has 70 valence electrons. The zero-order valence-electron chi connectivity index (χ0n) is 8.38. The van der Waals surface area contributed by atoms with Crippen LogP contribution in [0, 0.1) is 5.92 Å². The molecule has 0 bridgehead atoms. The molecule has 0 spiro atoms. The van der Waals surface area contributed by atoms with Crippen molar-refractivity contribution in [2.45, 2.75) is 25.8 Å². The third-order valence-electron chi connectivity index (χ3n) is 3.18. The summed E-state index contributed by atoms with van der Waals surface area (Å²) in [6.45, 7) is 2.28. The van der Waals surface area contributed by atoms with Crippen molar-refractivity contribution in [1.82, 2.24) is 5.32 Å². The molecule has 1 nitrogen and oxygen atoms in total. The molecule has 1 N–H and O–H groups in total. The Morgan fingerprint density at radius 2 is 2.15 bits per heavy atom. The van der Waals surface area contributed by atoms with Crippen molar-refractivity contribution in [2.75, 3.05) is 7.05 Å². The third kappa shape index (κ3) is 1.37. The second-order valence-electron chi connectivity index (χ2n) is 3.84. The molecular formula is C12H17N. The fourth-order valence-electron chi connectivity index (χ4n) is 2.45. The van der Waals surface area contributed by atoms with E-state index in [0.29, 0.717) is 6.04 Å². The van der Waals surface area contributed by atoms with Crippen LogP contribution in [0.25, 0.3) is 0 Å². The van der Waals surface area contributed by atoms with E-state index in [0.717, 1.165) is 5.92 Å². The summed E-state index contributed by atoms with van der Waals surface area (Å²) in [5.74, 6) is 0.794. The molecule has 0 fully saturated rings. The molecule has 0 aliphatic heterocycles. The van der Waals surface area contributed by atoms with E-state index in [9.17, 15) is 0 Å². The molecule has 0 aromatic heterocycles. The molecule has 1 heteroatoms. The largest absolute Gasteiger partial charge is 0.313 e. The van der Waals surface area contributed by atoms with Gasteiger partial charge < -0.3 is 5.32 Å². The van der Waals surface area contributed by atoms with Crippen molar-refractivity contribution >= 4 is 0 Å². The van der Waals surface area contributed by atoms with Crippen LogP contribution < -0.4 is 5.32 Å². The van der Waals surface area contributed by atoms with Gasteiger partial charge in [0.1, 0.15) is 0 Å². The molecule has 1 aliphatic rings. The number of hydrogen-bond donors (Lipinski definition) is 1. The lowest BCUT2D eigenvalue weighted by Crippen LogP contribution is -2.20. The highest BCUT2D eigenvalue weighted by molar-refractivity contribution is 5.35. The molecule has 0 saturated heterocycles. The second-order valence-corrected chi connectivity index (χ2v) is 3.84. The van der Waals surface area contributed by atoms with E-state index >= 15 is 0 Å². The van der Waals surface area contributed by atoms with E-state index in [1.165, 1.54) is 24.0 Å². The van der Waals surface area contributed by atoms with Crippen molar-refractivity contribution < 1.29 is 0 Å². The molecule has 13 heavy (non-hydrogen) atoms. The minimum atomic E-state index is 0.584. The molecule has 2 atom stereocenters. The highest BCUT2D eigenvalue weighted by Gasteiger charge is 2.29. The number of rotatable bonds is 2. The van der Waals surface area contributed by atoms with Crippen LogP contribution in [0.3, 0.4) is 0 Å². The highest BCUT2D eigenvalue weighted by atomic mass is 14.9. The van der Waals surface area contributed by atoms with Crippen molar-refractivity contribution in [3.63, 3.8) is 0 Å². The van der Waals surface area contributed by atoms with Crippen molar-refractivity contribution in [3.05, 3.63) is 35.4 Å². The lowest BCUT2D eigenvalue weighted by molar-refractivity contribution is 0.401. The first-order valence-electron chi connectivity index (χ1n) is 5.12. The van der Waals surface area contributed by atoms with Gasteiger partial charge >= 0.3 is 0 Å². The molecule has 1 aromatic rings. The van der Waals surface area contributed by atoms with E-state index in [-0.39, 0.29) is 0 Å². The lowest BCUT2D eigenvalue weighted by Gasteiger charge is -2.17. The zero-order valence-corrected chi connectivity index (χ0v) is 8.38. The second kappa shape index (κ2) is 3.51. The first-order valence-corrected chi connectivity index (χ1v) is 5.12. The summed E-state index contributed by atoms with van der Waals surface area (Å²) >= 11 is 0. The first kappa shape index (κ1) is 8.76. The summed E-state index contributed by atoms with van der Waals surface area (Å²) in [5.41, 5.74) is 3.05. The van der Waals surface area contributed by atoms with Crippen molar-refractivity contribution in [1.29, 1.82) is 0 Å². The summed E-state index contributed by atoms with van der Waals surface area (Å²) in [4.78, 5) is 0. The van der Waals surface area contributed by atoms with Gasteiger partial charge in [-0.1, -0.05) is 37.6 Å². The van der Waals surface area contributed by atoms with E-state index in [1.807, 2.05) is 0 Å².